The van der Waals surface area contributed by atoms with Gasteiger partial charge in [0.05, 0.1) is 12.5 Å². The van der Waals surface area contributed by atoms with Crippen molar-refractivity contribution in [2.75, 3.05) is 0 Å². The van der Waals surface area contributed by atoms with E-state index in [1.165, 1.54) is 0 Å². The number of carboxylic acid groups (broad SMARTS) is 2. The van der Waals surface area contributed by atoms with Crippen LogP contribution in [0.5, 0.6) is 0 Å². The predicted octanol–water partition coefficient (Wildman–Crippen LogP) is -0.289. The fourth-order valence-corrected chi connectivity index (χ4v) is 0.729. The molecule has 1 aliphatic rings. The van der Waals surface area contributed by atoms with Gasteiger partial charge >= 0.3 is 11.9 Å². The minimum absolute atomic E-state index is 0.0741. The molecule has 0 radical (unpaired) electrons. The van der Waals surface area contributed by atoms with Crippen LogP contribution in [0.15, 0.2) is 0 Å². The SMILES string of the molecule is N#CC1(C(=O)O)CC1.NC(=O)CCC(=O)O. The highest BCUT2D eigenvalue weighted by Crippen LogP contribution is 2.44. The molecule has 16 heavy (non-hydrogen) atoms. The normalized spacial score (nSPS) is 14.9. The quantitative estimate of drug-likeness (QED) is 0.603. The average molecular weight is 228 g/mol. The first-order chi connectivity index (χ1) is 7.34. The molecule has 0 aliphatic heterocycles. The van der Waals surface area contributed by atoms with E-state index >= 15 is 0 Å². The number of hydrogen-bond acceptors (Lipinski definition) is 4. The van der Waals surface area contributed by atoms with Crippen molar-refractivity contribution in [3.05, 3.63) is 0 Å². The molecule has 0 bridgehead atoms. The van der Waals surface area contributed by atoms with E-state index < -0.39 is 23.3 Å². The van der Waals surface area contributed by atoms with Gasteiger partial charge in [-0.1, -0.05) is 0 Å². The van der Waals surface area contributed by atoms with E-state index in [1.54, 1.807) is 6.07 Å². The van der Waals surface area contributed by atoms with Gasteiger partial charge in [-0.25, -0.2) is 0 Å². The molecule has 1 saturated carbocycles. The highest BCUT2D eigenvalue weighted by molar-refractivity contribution is 5.81. The first-order valence-corrected chi connectivity index (χ1v) is 4.49. The molecule has 0 saturated heterocycles. The van der Waals surface area contributed by atoms with Crippen LogP contribution >= 0.6 is 0 Å². The first-order valence-electron chi connectivity index (χ1n) is 4.49. The van der Waals surface area contributed by atoms with E-state index in [0.29, 0.717) is 12.8 Å². The number of nitriles is 1. The maximum atomic E-state index is 10.1. The van der Waals surface area contributed by atoms with Crippen LogP contribution in [0.25, 0.3) is 0 Å². The van der Waals surface area contributed by atoms with Crippen LogP contribution in [-0.4, -0.2) is 28.1 Å². The van der Waals surface area contributed by atoms with Gasteiger partial charge in [-0.15, -0.1) is 0 Å². The van der Waals surface area contributed by atoms with Crippen LogP contribution in [0, 0.1) is 16.7 Å². The Bertz CT molecular complexity index is 326. The van der Waals surface area contributed by atoms with Crippen molar-refractivity contribution < 1.29 is 24.6 Å². The monoisotopic (exact) mass is 228 g/mol. The van der Waals surface area contributed by atoms with Crippen LogP contribution in [0.1, 0.15) is 25.7 Å². The second-order valence-electron chi connectivity index (χ2n) is 3.36. The van der Waals surface area contributed by atoms with Gasteiger partial charge in [0, 0.05) is 6.42 Å². The Morgan fingerprint density at radius 3 is 1.81 bits per heavy atom. The molecule has 1 rings (SSSR count). The number of primary amides is 1. The third-order valence-electron chi connectivity index (χ3n) is 1.96. The van der Waals surface area contributed by atoms with Crippen molar-refractivity contribution in [2.45, 2.75) is 25.7 Å². The molecular weight excluding hydrogens is 216 g/mol. The van der Waals surface area contributed by atoms with Gasteiger partial charge in [0.25, 0.3) is 0 Å². The smallest absolute Gasteiger partial charge is 0.324 e. The Morgan fingerprint density at radius 2 is 1.75 bits per heavy atom. The summed E-state index contributed by atoms with van der Waals surface area (Å²) in [4.78, 5) is 29.7. The van der Waals surface area contributed by atoms with Crippen LogP contribution in [0.3, 0.4) is 0 Å². The maximum absolute atomic E-state index is 10.1. The lowest BCUT2D eigenvalue weighted by atomic mass is 10.1. The summed E-state index contributed by atoms with van der Waals surface area (Å²) in [7, 11) is 0. The fourth-order valence-electron chi connectivity index (χ4n) is 0.729. The highest BCUT2D eigenvalue weighted by atomic mass is 16.4. The Balaban J connectivity index is 0.000000281. The zero-order valence-electron chi connectivity index (χ0n) is 8.47. The second kappa shape index (κ2) is 5.70. The van der Waals surface area contributed by atoms with E-state index in [-0.39, 0.29) is 12.8 Å². The fraction of sp³-hybridized carbons (Fsp3) is 0.556. The zero-order chi connectivity index (χ0) is 12.8. The predicted molar refractivity (Wildman–Crippen MR) is 51.0 cm³/mol. The Kier molecular flexibility index (Phi) is 4.95. The Hall–Kier alpha value is -2.10. The molecule has 7 heteroatoms. The average Bonchev–Trinajstić information content (AvgIpc) is 2.96. The summed E-state index contributed by atoms with van der Waals surface area (Å²) < 4.78 is 0. The third-order valence-corrected chi connectivity index (χ3v) is 1.96. The van der Waals surface area contributed by atoms with E-state index in [2.05, 4.69) is 5.73 Å². The summed E-state index contributed by atoms with van der Waals surface area (Å²) >= 11 is 0. The number of aliphatic carboxylic acids is 2. The van der Waals surface area contributed by atoms with Gasteiger partial charge < -0.3 is 15.9 Å². The van der Waals surface area contributed by atoms with Crippen LogP contribution in [0.4, 0.5) is 0 Å². The maximum Gasteiger partial charge on any atom is 0.324 e. The standard InChI is InChI=1S/C5H5NO2.C4H7NO3/c6-3-5(1-2-5)4(7)8;5-3(6)1-2-4(7)8/h1-2H2,(H,7,8);1-2H2,(H2,5,6)(H,7,8). The molecule has 88 valence electrons. The third kappa shape index (κ3) is 4.95. The largest absolute Gasteiger partial charge is 0.481 e. The van der Waals surface area contributed by atoms with Gasteiger partial charge in [0.15, 0.2) is 5.41 Å². The van der Waals surface area contributed by atoms with Gasteiger partial charge in [0.1, 0.15) is 0 Å². The lowest BCUT2D eigenvalue weighted by Gasteiger charge is -1.91. The number of amides is 1. The van der Waals surface area contributed by atoms with Gasteiger partial charge in [-0.3, -0.25) is 14.4 Å². The second-order valence-corrected chi connectivity index (χ2v) is 3.36. The van der Waals surface area contributed by atoms with Crippen molar-refractivity contribution >= 4 is 17.8 Å². The number of carbonyl (C=O) groups is 3. The lowest BCUT2D eigenvalue weighted by Crippen LogP contribution is -2.12. The molecule has 1 aliphatic carbocycles. The number of nitrogens with zero attached hydrogens (tertiary/aromatic N) is 1. The molecule has 1 amide bonds. The molecular formula is C9H12N2O5. The van der Waals surface area contributed by atoms with Crippen molar-refractivity contribution in [3.63, 3.8) is 0 Å². The molecule has 0 aromatic carbocycles. The molecule has 7 nitrogen and oxygen atoms in total. The minimum Gasteiger partial charge on any atom is -0.481 e. The minimum atomic E-state index is -0.996. The summed E-state index contributed by atoms with van der Waals surface area (Å²) in [5.41, 5.74) is 3.65. The zero-order valence-corrected chi connectivity index (χ0v) is 8.47. The number of nitrogens with two attached hydrogens (primary N) is 1. The summed E-state index contributed by atoms with van der Waals surface area (Å²) in [6.07, 6.45) is 0.808. The summed E-state index contributed by atoms with van der Waals surface area (Å²) in [6.45, 7) is 0. The summed E-state index contributed by atoms with van der Waals surface area (Å²) in [5.74, 6) is -2.55. The summed E-state index contributed by atoms with van der Waals surface area (Å²) in [6, 6.07) is 1.75. The van der Waals surface area contributed by atoms with Crippen molar-refractivity contribution in [2.24, 2.45) is 11.1 Å². The molecule has 4 N–H and O–H groups in total. The summed E-state index contributed by atoms with van der Waals surface area (Å²) in [5, 5.41) is 24.4. The van der Waals surface area contributed by atoms with Crippen LogP contribution in [0.2, 0.25) is 0 Å². The molecule has 0 heterocycles. The van der Waals surface area contributed by atoms with Gasteiger partial charge in [-0.05, 0) is 12.8 Å². The Labute approximate surface area is 91.5 Å². The van der Waals surface area contributed by atoms with Crippen molar-refractivity contribution in [3.8, 4) is 6.07 Å². The van der Waals surface area contributed by atoms with E-state index in [4.69, 9.17) is 15.5 Å². The molecule has 0 aromatic rings. The van der Waals surface area contributed by atoms with E-state index in [1.807, 2.05) is 0 Å². The molecule has 0 spiro atoms. The van der Waals surface area contributed by atoms with Crippen LogP contribution < -0.4 is 5.73 Å². The van der Waals surface area contributed by atoms with Gasteiger partial charge in [0.2, 0.25) is 5.91 Å². The lowest BCUT2D eigenvalue weighted by molar-refractivity contribution is -0.141. The molecule has 0 atom stereocenters. The number of carboxylic acids is 2. The number of rotatable bonds is 4. The Morgan fingerprint density at radius 1 is 1.25 bits per heavy atom. The molecule has 1 fully saturated rings. The van der Waals surface area contributed by atoms with Crippen molar-refractivity contribution in [1.82, 2.24) is 0 Å². The molecule has 0 unspecified atom stereocenters. The number of carbonyl (C=O) groups excluding carboxylic acids is 1. The van der Waals surface area contributed by atoms with Gasteiger partial charge in [-0.2, -0.15) is 5.26 Å². The number of hydrogen-bond donors (Lipinski definition) is 3. The van der Waals surface area contributed by atoms with E-state index in [9.17, 15) is 14.4 Å². The topological polar surface area (TPSA) is 141 Å². The van der Waals surface area contributed by atoms with Crippen LogP contribution in [-0.2, 0) is 14.4 Å². The highest BCUT2D eigenvalue weighted by Gasteiger charge is 2.51. The van der Waals surface area contributed by atoms with Crippen molar-refractivity contribution in [1.29, 1.82) is 5.26 Å². The van der Waals surface area contributed by atoms with E-state index in [0.717, 1.165) is 0 Å². The molecule has 0 aromatic heterocycles. The first kappa shape index (κ1) is 13.9.